The summed E-state index contributed by atoms with van der Waals surface area (Å²) < 4.78 is 34.9. The summed E-state index contributed by atoms with van der Waals surface area (Å²) in [5.74, 6) is 0.317. The van der Waals surface area contributed by atoms with Crippen LogP contribution in [-0.2, 0) is 30.2 Å². The fourth-order valence-corrected chi connectivity index (χ4v) is 6.19. The Hall–Kier alpha value is -3.74. The van der Waals surface area contributed by atoms with E-state index in [-0.39, 0.29) is 35.3 Å². The molecule has 0 spiro atoms. The maximum atomic E-state index is 13.2. The van der Waals surface area contributed by atoms with Crippen molar-refractivity contribution in [3.63, 3.8) is 0 Å². The molecule has 0 saturated carbocycles. The zero-order chi connectivity index (χ0) is 27.6. The Labute approximate surface area is 223 Å². The zero-order valence-corrected chi connectivity index (χ0v) is 23.0. The third-order valence-corrected chi connectivity index (χ3v) is 8.67. The fraction of sp³-hybridized carbons (Fsp3) is 0.269. The summed E-state index contributed by atoms with van der Waals surface area (Å²) in [6.45, 7) is 3.67. The van der Waals surface area contributed by atoms with Crippen molar-refractivity contribution in [1.29, 1.82) is 0 Å². The van der Waals surface area contributed by atoms with Crippen LogP contribution in [0.3, 0.4) is 0 Å². The van der Waals surface area contributed by atoms with Crippen molar-refractivity contribution in [2.75, 3.05) is 7.11 Å². The second kappa shape index (κ2) is 10.9. The Balaban J connectivity index is 1.59. The third-order valence-electron chi connectivity index (χ3n) is 5.79. The van der Waals surface area contributed by atoms with Gasteiger partial charge in [-0.15, -0.1) is 11.3 Å². The number of methoxy groups -OCH3 is 1. The lowest BCUT2D eigenvalue weighted by molar-refractivity contribution is 0.0955. The number of nitrogens with zero attached hydrogens (tertiary/aromatic N) is 2. The van der Waals surface area contributed by atoms with Gasteiger partial charge in [0.1, 0.15) is 10.6 Å². The number of carbonyl (C=O) groups is 1. The van der Waals surface area contributed by atoms with Crippen molar-refractivity contribution >= 4 is 37.5 Å². The summed E-state index contributed by atoms with van der Waals surface area (Å²) in [5, 5.41) is 3.08. The SMILES string of the molecule is COc1cccc(CNC(=O)c2cc3c(=O)n(Cc4ccc(S(=O)(=O)NC(C)C)cc4)c(=O)n(C)c3s2)c1. The highest BCUT2D eigenvalue weighted by Crippen LogP contribution is 2.22. The van der Waals surface area contributed by atoms with Crippen LogP contribution >= 0.6 is 11.3 Å². The molecule has 2 heterocycles. The molecule has 0 aliphatic rings. The van der Waals surface area contributed by atoms with Crippen LogP contribution in [0.15, 0.2) is 69.1 Å². The Bertz CT molecular complexity index is 1720. The van der Waals surface area contributed by atoms with E-state index in [0.717, 1.165) is 21.5 Å². The van der Waals surface area contributed by atoms with Crippen molar-refractivity contribution in [2.45, 2.75) is 37.9 Å². The van der Waals surface area contributed by atoms with Crippen LogP contribution in [0, 0.1) is 0 Å². The van der Waals surface area contributed by atoms with E-state index in [4.69, 9.17) is 4.74 Å². The standard InChI is InChI=1S/C26H28N4O6S2/c1-16(2)28-38(34,35)20-10-8-17(9-11-20)15-30-24(32)21-13-22(37-25(21)29(3)26(30)33)23(31)27-14-18-6-5-7-19(12-18)36-4/h5-13,16,28H,14-15H2,1-4H3,(H,27,31). The van der Waals surface area contributed by atoms with Gasteiger partial charge in [0, 0.05) is 19.6 Å². The maximum Gasteiger partial charge on any atom is 0.332 e. The van der Waals surface area contributed by atoms with Gasteiger partial charge in [-0.3, -0.25) is 18.7 Å². The number of fused-ring (bicyclic) bond motifs is 1. The second-order valence-electron chi connectivity index (χ2n) is 9.02. The molecule has 4 aromatic rings. The molecule has 200 valence electrons. The second-order valence-corrected chi connectivity index (χ2v) is 11.8. The fourth-order valence-electron chi connectivity index (χ4n) is 3.92. The largest absolute Gasteiger partial charge is 0.497 e. The van der Waals surface area contributed by atoms with Gasteiger partial charge in [-0.25, -0.2) is 17.9 Å². The molecule has 38 heavy (non-hydrogen) atoms. The molecule has 2 N–H and O–H groups in total. The number of aromatic nitrogens is 2. The molecule has 12 heteroatoms. The minimum Gasteiger partial charge on any atom is -0.497 e. The van der Waals surface area contributed by atoms with Gasteiger partial charge in [0.15, 0.2) is 0 Å². The number of sulfonamides is 1. The summed E-state index contributed by atoms with van der Waals surface area (Å²) in [6.07, 6.45) is 0. The molecular formula is C26H28N4O6S2. The van der Waals surface area contributed by atoms with E-state index in [2.05, 4.69) is 10.0 Å². The van der Waals surface area contributed by atoms with Gasteiger partial charge in [-0.1, -0.05) is 24.3 Å². The molecular weight excluding hydrogens is 528 g/mol. The van der Waals surface area contributed by atoms with Crippen molar-refractivity contribution in [2.24, 2.45) is 7.05 Å². The first-order chi connectivity index (χ1) is 18.0. The van der Waals surface area contributed by atoms with Crippen LogP contribution in [-0.4, -0.2) is 36.6 Å². The molecule has 0 atom stereocenters. The van der Waals surface area contributed by atoms with Gasteiger partial charge < -0.3 is 10.1 Å². The number of carbonyl (C=O) groups excluding carboxylic acids is 1. The lowest BCUT2D eigenvalue weighted by atomic mass is 10.2. The summed E-state index contributed by atoms with van der Waals surface area (Å²) in [6, 6.07) is 14.5. The summed E-state index contributed by atoms with van der Waals surface area (Å²) in [5.41, 5.74) is 0.376. The minimum absolute atomic E-state index is 0.0490. The molecule has 10 nitrogen and oxygen atoms in total. The van der Waals surface area contributed by atoms with Crippen LogP contribution < -0.4 is 26.0 Å². The van der Waals surface area contributed by atoms with E-state index in [1.807, 2.05) is 24.3 Å². The van der Waals surface area contributed by atoms with Crippen LogP contribution in [0.1, 0.15) is 34.6 Å². The van der Waals surface area contributed by atoms with Crippen molar-refractivity contribution in [3.8, 4) is 5.75 Å². The third kappa shape index (κ3) is 5.72. The Morgan fingerprint density at radius 3 is 2.42 bits per heavy atom. The number of ether oxygens (including phenoxy) is 1. The summed E-state index contributed by atoms with van der Waals surface area (Å²) in [4.78, 5) is 39.9. The molecule has 0 unspecified atom stereocenters. The molecule has 4 rings (SSSR count). The molecule has 0 aliphatic heterocycles. The number of aryl methyl sites for hydroxylation is 1. The van der Waals surface area contributed by atoms with Gasteiger partial charge in [-0.2, -0.15) is 0 Å². The van der Waals surface area contributed by atoms with Crippen LogP contribution in [0.5, 0.6) is 5.75 Å². The highest BCUT2D eigenvalue weighted by Gasteiger charge is 2.19. The first kappa shape index (κ1) is 27.3. The predicted molar refractivity (Wildman–Crippen MR) is 146 cm³/mol. The van der Waals surface area contributed by atoms with E-state index >= 15 is 0 Å². The lowest BCUT2D eigenvalue weighted by Crippen LogP contribution is -2.38. The van der Waals surface area contributed by atoms with E-state index in [0.29, 0.717) is 21.0 Å². The highest BCUT2D eigenvalue weighted by molar-refractivity contribution is 7.89. The van der Waals surface area contributed by atoms with E-state index in [1.165, 1.54) is 22.8 Å². The molecule has 0 saturated heterocycles. The number of rotatable bonds is 9. The first-order valence-corrected chi connectivity index (χ1v) is 14.1. The van der Waals surface area contributed by atoms with Gasteiger partial charge in [0.05, 0.1) is 28.8 Å². The summed E-state index contributed by atoms with van der Waals surface area (Å²) in [7, 11) is -0.549. The van der Waals surface area contributed by atoms with Crippen molar-refractivity contribution in [1.82, 2.24) is 19.2 Å². The molecule has 0 aliphatic carbocycles. The Morgan fingerprint density at radius 2 is 1.76 bits per heavy atom. The molecule has 1 amide bonds. The monoisotopic (exact) mass is 556 g/mol. The van der Waals surface area contributed by atoms with Gasteiger partial charge in [0.25, 0.3) is 11.5 Å². The molecule has 2 aromatic carbocycles. The average molecular weight is 557 g/mol. The van der Waals surface area contributed by atoms with Gasteiger partial charge in [0.2, 0.25) is 10.0 Å². The van der Waals surface area contributed by atoms with Crippen molar-refractivity contribution in [3.05, 3.63) is 91.4 Å². The lowest BCUT2D eigenvalue weighted by Gasteiger charge is -2.11. The van der Waals surface area contributed by atoms with E-state index < -0.39 is 21.3 Å². The highest BCUT2D eigenvalue weighted by atomic mass is 32.2. The normalized spacial score (nSPS) is 11.7. The average Bonchev–Trinajstić information content (AvgIpc) is 3.34. The molecule has 0 fully saturated rings. The Morgan fingerprint density at radius 1 is 1.05 bits per heavy atom. The maximum absolute atomic E-state index is 13.2. The Kier molecular flexibility index (Phi) is 7.86. The first-order valence-electron chi connectivity index (χ1n) is 11.8. The van der Waals surface area contributed by atoms with E-state index in [1.54, 1.807) is 40.1 Å². The van der Waals surface area contributed by atoms with Crippen LogP contribution in [0.4, 0.5) is 0 Å². The number of hydrogen-bond acceptors (Lipinski definition) is 7. The topological polar surface area (TPSA) is 128 Å². The molecule has 0 bridgehead atoms. The van der Waals surface area contributed by atoms with Gasteiger partial charge >= 0.3 is 5.69 Å². The van der Waals surface area contributed by atoms with Crippen molar-refractivity contribution < 1.29 is 17.9 Å². The smallest absolute Gasteiger partial charge is 0.332 e. The van der Waals surface area contributed by atoms with E-state index in [9.17, 15) is 22.8 Å². The zero-order valence-electron chi connectivity index (χ0n) is 21.3. The number of nitrogens with one attached hydrogen (secondary N) is 2. The quantitative estimate of drug-likeness (QED) is 0.326. The van der Waals surface area contributed by atoms with Gasteiger partial charge in [-0.05, 0) is 55.3 Å². The number of benzene rings is 2. The predicted octanol–water partition coefficient (Wildman–Crippen LogP) is 2.44. The molecule has 0 radical (unpaired) electrons. The molecule has 2 aromatic heterocycles. The number of hydrogen-bond donors (Lipinski definition) is 2. The minimum atomic E-state index is -3.66. The number of thiophene rings is 1. The summed E-state index contributed by atoms with van der Waals surface area (Å²) >= 11 is 1.07. The van der Waals surface area contributed by atoms with Crippen LogP contribution in [0.25, 0.3) is 10.2 Å². The number of amides is 1. The van der Waals surface area contributed by atoms with Crippen LogP contribution in [0.2, 0.25) is 0 Å².